The van der Waals surface area contributed by atoms with Gasteiger partial charge in [0.25, 0.3) is 0 Å². The molecule has 43 heavy (non-hydrogen) atoms. The van der Waals surface area contributed by atoms with Crippen molar-refractivity contribution in [3.05, 3.63) is 152 Å². The molecule has 0 spiro atoms. The second kappa shape index (κ2) is 10.5. The van der Waals surface area contributed by atoms with Crippen molar-refractivity contribution in [1.82, 2.24) is 15.0 Å². The Balaban J connectivity index is 1.35. The van der Waals surface area contributed by atoms with E-state index in [0.717, 1.165) is 49.8 Å². The van der Waals surface area contributed by atoms with E-state index in [0.29, 0.717) is 17.5 Å². The molecule has 0 atom stereocenters. The number of nitrogens with zero attached hydrogens (tertiary/aromatic N) is 3. The molecular weight excluding hydrogens is 526 g/mol. The van der Waals surface area contributed by atoms with Crippen LogP contribution >= 0.6 is 0 Å². The Hall–Kier alpha value is -5.87. The van der Waals surface area contributed by atoms with Crippen LogP contribution in [0.4, 0.5) is 0 Å². The van der Waals surface area contributed by atoms with Crippen molar-refractivity contribution < 1.29 is 4.42 Å². The van der Waals surface area contributed by atoms with Crippen LogP contribution in [-0.4, -0.2) is 15.0 Å². The quantitative estimate of drug-likeness (QED) is 0.214. The second-order valence-electron chi connectivity index (χ2n) is 10.5. The van der Waals surface area contributed by atoms with Gasteiger partial charge < -0.3 is 4.42 Å². The van der Waals surface area contributed by atoms with Crippen molar-refractivity contribution in [3.63, 3.8) is 0 Å². The Labute approximate surface area is 249 Å². The minimum absolute atomic E-state index is 0.595. The number of benzene rings is 6. The van der Waals surface area contributed by atoms with E-state index in [1.807, 2.05) is 78.9 Å². The molecule has 8 rings (SSSR count). The number of aromatic nitrogens is 3. The number of rotatable bonds is 5. The van der Waals surface area contributed by atoms with Gasteiger partial charge in [0.2, 0.25) is 0 Å². The summed E-state index contributed by atoms with van der Waals surface area (Å²) < 4.78 is 6.43. The van der Waals surface area contributed by atoms with Gasteiger partial charge in [-0.05, 0) is 40.5 Å². The first-order chi connectivity index (χ1) is 21.3. The summed E-state index contributed by atoms with van der Waals surface area (Å²) in [4.78, 5) is 14.8. The van der Waals surface area contributed by atoms with E-state index in [9.17, 15) is 0 Å². The lowest BCUT2D eigenvalue weighted by molar-refractivity contribution is 0.669. The normalized spacial score (nSPS) is 11.3. The lowest BCUT2D eigenvalue weighted by atomic mass is 9.95. The van der Waals surface area contributed by atoms with Crippen molar-refractivity contribution in [1.29, 1.82) is 0 Å². The molecule has 0 fully saturated rings. The van der Waals surface area contributed by atoms with E-state index in [4.69, 9.17) is 19.4 Å². The highest BCUT2D eigenvalue weighted by atomic mass is 16.3. The van der Waals surface area contributed by atoms with Gasteiger partial charge in [-0.1, -0.05) is 133 Å². The first-order valence-electron chi connectivity index (χ1n) is 14.3. The third-order valence-corrected chi connectivity index (χ3v) is 7.74. The van der Waals surface area contributed by atoms with E-state index < -0.39 is 0 Å². The number of para-hydroxylation sites is 1. The third kappa shape index (κ3) is 4.65. The molecule has 0 saturated heterocycles. The van der Waals surface area contributed by atoms with Crippen LogP contribution in [0.5, 0.6) is 0 Å². The molecule has 0 radical (unpaired) electrons. The molecular formula is C39H25N3O. The number of hydrogen-bond donors (Lipinski definition) is 0. The van der Waals surface area contributed by atoms with Crippen LogP contribution in [0.25, 0.3) is 78.4 Å². The van der Waals surface area contributed by atoms with Crippen LogP contribution in [0.15, 0.2) is 156 Å². The van der Waals surface area contributed by atoms with E-state index in [1.54, 1.807) is 0 Å². The zero-order valence-electron chi connectivity index (χ0n) is 23.2. The minimum atomic E-state index is 0.595. The van der Waals surface area contributed by atoms with E-state index in [1.165, 1.54) is 11.1 Å². The molecule has 0 aliphatic heterocycles. The Morgan fingerprint density at radius 2 is 0.814 bits per heavy atom. The van der Waals surface area contributed by atoms with E-state index >= 15 is 0 Å². The topological polar surface area (TPSA) is 51.8 Å². The fourth-order valence-corrected chi connectivity index (χ4v) is 5.62. The van der Waals surface area contributed by atoms with Crippen LogP contribution in [0, 0.1) is 0 Å². The molecule has 2 heterocycles. The highest BCUT2D eigenvalue weighted by molar-refractivity contribution is 6.13. The Morgan fingerprint density at radius 3 is 1.42 bits per heavy atom. The van der Waals surface area contributed by atoms with Gasteiger partial charge in [0.1, 0.15) is 11.2 Å². The predicted octanol–water partition coefficient (Wildman–Crippen LogP) is 10.1. The molecule has 0 saturated carbocycles. The maximum absolute atomic E-state index is 6.43. The minimum Gasteiger partial charge on any atom is -0.456 e. The SMILES string of the molecule is c1ccc(-c2ccc(-c3cc(-c4nc(-c5ccccc5)nc(-c5ccccc5)n4)cc4oc5ccccc5c34)cc2)cc1. The first-order valence-corrected chi connectivity index (χ1v) is 14.3. The highest BCUT2D eigenvalue weighted by Crippen LogP contribution is 2.40. The highest BCUT2D eigenvalue weighted by Gasteiger charge is 2.18. The molecule has 0 aliphatic rings. The van der Waals surface area contributed by atoms with Crippen molar-refractivity contribution in [2.75, 3.05) is 0 Å². The predicted molar refractivity (Wildman–Crippen MR) is 174 cm³/mol. The maximum Gasteiger partial charge on any atom is 0.164 e. The zero-order chi connectivity index (χ0) is 28.6. The lowest BCUT2D eigenvalue weighted by Gasteiger charge is -2.11. The second-order valence-corrected chi connectivity index (χ2v) is 10.5. The van der Waals surface area contributed by atoms with Crippen molar-refractivity contribution >= 4 is 21.9 Å². The smallest absolute Gasteiger partial charge is 0.164 e. The summed E-state index contributed by atoms with van der Waals surface area (Å²) in [7, 11) is 0. The van der Waals surface area contributed by atoms with Crippen molar-refractivity contribution in [3.8, 4) is 56.4 Å². The fraction of sp³-hybridized carbons (Fsp3) is 0. The summed E-state index contributed by atoms with van der Waals surface area (Å²) in [5.74, 6) is 1.85. The molecule has 6 aromatic carbocycles. The van der Waals surface area contributed by atoms with Crippen LogP contribution in [0.3, 0.4) is 0 Å². The van der Waals surface area contributed by atoms with Crippen molar-refractivity contribution in [2.45, 2.75) is 0 Å². The molecule has 0 aliphatic carbocycles. The largest absolute Gasteiger partial charge is 0.456 e. The van der Waals surface area contributed by atoms with Gasteiger partial charge in [-0.15, -0.1) is 0 Å². The zero-order valence-corrected chi connectivity index (χ0v) is 23.2. The molecule has 4 heteroatoms. The average Bonchev–Trinajstić information content (AvgIpc) is 3.48. The molecule has 0 unspecified atom stereocenters. The van der Waals surface area contributed by atoms with Gasteiger partial charge in [0.15, 0.2) is 17.5 Å². The number of fused-ring (bicyclic) bond motifs is 3. The number of hydrogen-bond acceptors (Lipinski definition) is 4. The monoisotopic (exact) mass is 551 g/mol. The molecule has 4 nitrogen and oxygen atoms in total. The van der Waals surface area contributed by atoms with Crippen LogP contribution in [0.2, 0.25) is 0 Å². The van der Waals surface area contributed by atoms with Gasteiger partial charge in [0.05, 0.1) is 0 Å². The Kier molecular flexibility index (Phi) is 6.08. The summed E-state index contributed by atoms with van der Waals surface area (Å²) in [6.07, 6.45) is 0. The van der Waals surface area contributed by atoms with E-state index in [-0.39, 0.29) is 0 Å². The summed E-state index contributed by atoms with van der Waals surface area (Å²) in [5, 5.41) is 2.16. The van der Waals surface area contributed by atoms with Gasteiger partial charge in [-0.2, -0.15) is 0 Å². The summed E-state index contributed by atoms with van der Waals surface area (Å²) in [5.41, 5.74) is 8.91. The van der Waals surface area contributed by atoms with Crippen LogP contribution in [-0.2, 0) is 0 Å². The number of furan rings is 1. The molecule has 0 bridgehead atoms. The molecule has 2 aromatic heterocycles. The average molecular weight is 552 g/mol. The van der Waals surface area contributed by atoms with Gasteiger partial charge in [-0.3, -0.25) is 0 Å². The van der Waals surface area contributed by atoms with Crippen molar-refractivity contribution in [2.24, 2.45) is 0 Å². The Bertz CT molecular complexity index is 2150. The van der Waals surface area contributed by atoms with Gasteiger partial charge in [-0.25, -0.2) is 15.0 Å². The summed E-state index contributed by atoms with van der Waals surface area (Å²) in [6, 6.07) is 51.7. The third-order valence-electron chi connectivity index (χ3n) is 7.74. The Morgan fingerprint density at radius 1 is 0.349 bits per heavy atom. The molecule has 202 valence electrons. The van der Waals surface area contributed by atoms with Gasteiger partial charge in [0, 0.05) is 27.5 Å². The molecule has 8 aromatic rings. The lowest BCUT2D eigenvalue weighted by Crippen LogP contribution is -2.00. The van der Waals surface area contributed by atoms with E-state index in [2.05, 4.69) is 72.8 Å². The standard InChI is InChI=1S/C39H25N3O/c1-4-12-26(13-5-1)27-20-22-28(23-21-27)33-24-31(25-35-36(33)32-18-10-11-19-34(32)43-35)39-41-37(29-14-6-2-7-15-29)40-38(42-39)30-16-8-3-9-17-30/h1-25H. The molecule has 0 N–H and O–H groups in total. The fourth-order valence-electron chi connectivity index (χ4n) is 5.62. The maximum atomic E-state index is 6.43. The van der Waals surface area contributed by atoms with Gasteiger partial charge >= 0.3 is 0 Å². The first kappa shape index (κ1) is 24.9. The summed E-state index contributed by atoms with van der Waals surface area (Å²) >= 11 is 0. The van der Waals surface area contributed by atoms with Crippen LogP contribution < -0.4 is 0 Å². The van der Waals surface area contributed by atoms with Crippen LogP contribution in [0.1, 0.15) is 0 Å². The summed E-state index contributed by atoms with van der Waals surface area (Å²) in [6.45, 7) is 0. The molecule has 0 amide bonds.